The van der Waals surface area contributed by atoms with Crippen molar-refractivity contribution in [1.29, 1.82) is 0 Å². The summed E-state index contributed by atoms with van der Waals surface area (Å²) in [6.45, 7) is 1.92. The molecule has 1 aliphatic heterocycles. The van der Waals surface area contributed by atoms with Crippen molar-refractivity contribution in [2.24, 2.45) is 0 Å². The summed E-state index contributed by atoms with van der Waals surface area (Å²) in [5.74, 6) is 0.959. The number of hydrogen-bond donors (Lipinski definition) is 1. The highest BCUT2D eigenvalue weighted by Gasteiger charge is 2.26. The van der Waals surface area contributed by atoms with E-state index < -0.39 is 0 Å². The Hall–Kier alpha value is -3.26. The van der Waals surface area contributed by atoms with Gasteiger partial charge in [-0.15, -0.1) is 11.8 Å². The Balaban J connectivity index is 1.28. The summed E-state index contributed by atoms with van der Waals surface area (Å²) in [7, 11) is 0. The normalized spacial score (nSPS) is 13.9. The van der Waals surface area contributed by atoms with Gasteiger partial charge in [0.25, 0.3) is 5.91 Å². The molecule has 0 aliphatic carbocycles. The zero-order valence-corrected chi connectivity index (χ0v) is 17.2. The highest BCUT2D eigenvalue weighted by molar-refractivity contribution is 7.98. The Morgan fingerprint density at radius 1 is 1.00 bits per heavy atom. The van der Waals surface area contributed by atoms with Crippen LogP contribution in [0.3, 0.4) is 0 Å². The van der Waals surface area contributed by atoms with E-state index in [9.17, 15) is 9.59 Å². The van der Waals surface area contributed by atoms with Gasteiger partial charge in [-0.1, -0.05) is 18.2 Å². The fourth-order valence-electron chi connectivity index (χ4n) is 3.20. The van der Waals surface area contributed by atoms with Gasteiger partial charge >= 0.3 is 6.03 Å². The van der Waals surface area contributed by atoms with E-state index in [1.54, 1.807) is 39.9 Å². The number of piperazine rings is 1. The van der Waals surface area contributed by atoms with Crippen LogP contribution in [0.15, 0.2) is 76.5 Å². The SMILES string of the molecule is O=C(Nc1cccc(CSc2ccccn2)c1)N1CCN(C(=O)c2ccco2)CC1. The maximum atomic E-state index is 12.6. The molecule has 8 heteroatoms. The van der Waals surface area contributed by atoms with Crippen molar-refractivity contribution < 1.29 is 14.0 Å². The number of thioether (sulfide) groups is 1. The minimum Gasteiger partial charge on any atom is -0.459 e. The number of furan rings is 1. The Morgan fingerprint density at radius 3 is 2.57 bits per heavy atom. The van der Waals surface area contributed by atoms with E-state index in [4.69, 9.17) is 4.42 Å². The molecule has 1 N–H and O–H groups in total. The van der Waals surface area contributed by atoms with Gasteiger partial charge in [-0.25, -0.2) is 9.78 Å². The molecule has 1 saturated heterocycles. The molecule has 4 rings (SSSR count). The van der Waals surface area contributed by atoms with E-state index in [0.717, 1.165) is 22.0 Å². The Bertz CT molecular complexity index is 987. The summed E-state index contributed by atoms with van der Waals surface area (Å²) < 4.78 is 5.17. The molecule has 0 saturated carbocycles. The standard InChI is InChI=1S/C22H22N4O3S/c27-21(19-7-4-14-29-19)25-10-12-26(13-11-25)22(28)24-18-6-3-5-17(15-18)16-30-20-8-1-2-9-23-20/h1-9,14-15H,10-13,16H2,(H,24,28). The minimum atomic E-state index is -0.158. The summed E-state index contributed by atoms with van der Waals surface area (Å²) in [6, 6.07) is 16.9. The van der Waals surface area contributed by atoms with Crippen LogP contribution in [0, 0.1) is 0 Å². The first-order chi connectivity index (χ1) is 14.7. The summed E-state index contributed by atoms with van der Waals surface area (Å²) in [5.41, 5.74) is 1.87. The number of carbonyl (C=O) groups is 2. The second-order valence-corrected chi connectivity index (χ2v) is 7.84. The first-order valence-corrected chi connectivity index (χ1v) is 10.7. The van der Waals surface area contributed by atoms with E-state index >= 15 is 0 Å². The van der Waals surface area contributed by atoms with Gasteiger partial charge in [-0.05, 0) is 42.0 Å². The average Bonchev–Trinajstić information content (AvgIpc) is 3.33. The lowest BCUT2D eigenvalue weighted by atomic mass is 10.2. The summed E-state index contributed by atoms with van der Waals surface area (Å²) >= 11 is 1.65. The van der Waals surface area contributed by atoms with E-state index in [1.807, 2.05) is 42.5 Å². The number of carbonyl (C=O) groups excluding carboxylic acids is 2. The van der Waals surface area contributed by atoms with Crippen molar-refractivity contribution in [1.82, 2.24) is 14.8 Å². The smallest absolute Gasteiger partial charge is 0.321 e. The number of nitrogens with one attached hydrogen (secondary N) is 1. The predicted octanol–water partition coefficient (Wildman–Crippen LogP) is 3.96. The molecule has 7 nitrogen and oxygen atoms in total. The van der Waals surface area contributed by atoms with Crippen LogP contribution in [0.25, 0.3) is 0 Å². The van der Waals surface area contributed by atoms with Gasteiger partial charge < -0.3 is 19.5 Å². The van der Waals surface area contributed by atoms with Crippen molar-refractivity contribution in [3.8, 4) is 0 Å². The van der Waals surface area contributed by atoms with Crippen LogP contribution in [0.5, 0.6) is 0 Å². The molecule has 3 heterocycles. The highest BCUT2D eigenvalue weighted by atomic mass is 32.2. The Morgan fingerprint density at radius 2 is 1.83 bits per heavy atom. The van der Waals surface area contributed by atoms with Gasteiger partial charge in [0.05, 0.1) is 11.3 Å². The van der Waals surface area contributed by atoms with Gasteiger partial charge in [-0.3, -0.25) is 4.79 Å². The summed E-state index contributed by atoms with van der Waals surface area (Å²) in [4.78, 5) is 32.7. The highest BCUT2D eigenvalue weighted by Crippen LogP contribution is 2.22. The lowest BCUT2D eigenvalue weighted by molar-refractivity contribution is 0.0640. The van der Waals surface area contributed by atoms with Crippen LogP contribution in [-0.4, -0.2) is 52.9 Å². The molecular weight excluding hydrogens is 400 g/mol. The van der Waals surface area contributed by atoms with Crippen LogP contribution < -0.4 is 5.32 Å². The van der Waals surface area contributed by atoms with Gasteiger partial charge in [0.2, 0.25) is 0 Å². The summed E-state index contributed by atoms with van der Waals surface area (Å²) in [6.07, 6.45) is 3.26. The second-order valence-electron chi connectivity index (χ2n) is 6.84. The van der Waals surface area contributed by atoms with Crippen LogP contribution in [0.1, 0.15) is 16.1 Å². The molecule has 0 radical (unpaired) electrons. The molecule has 3 amide bonds. The molecule has 1 fully saturated rings. The predicted molar refractivity (Wildman–Crippen MR) is 115 cm³/mol. The van der Waals surface area contributed by atoms with Crippen LogP contribution >= 0.6 is 11.8 Å². The number of nitrogens with zero attached hydrogens (tertiary/aromatic N) is 3. The molecule has 154 valence electrons. The molecule has 30 heavy (non-hydrogen) atoms. The quantitative estimate of drug-likeness (QED) is 0.630. The third-order valence-corrected chi connectivity index (χ3v) is 5.80. The topological polar surface area (TPSA) is 78.7 Å². The van der Waals surface area contributed by atoms with Crippen molar-refractivity contribution in [2.75, 3.05) is 31.5 Å². The molecule has 2 aromatic heterocycles. The minimum absolute atomic E-state index is 0.141. The lowest BCUT2D eigenvalue weighted by Crippen LogP contribution is -2.51. The second kappa shape index (κ2) is 9.49. The zero-order chi connectivity index (χ0) is 20.8. The third kappa shape index (κ3) is 5.01. The Kier molecular flexibility index (Phi) is 6.34. The zero-order valence-electron chi connectivity index (χ0n) is 16.4. The molecule has 0 bridgehead atoms. The molecule has 3 aromatic rings. The molecule has 0 spiro atoms. The number of amides is 3. The van der Waals surface area contributed by atoms with Gasteiger partial charge in [0, 0.05) is 43.8 Å². The fraction of sp³-hybridized carbons (Fsp3) is 0.227. The Labute approximate surface area is 179 Å². The number of aromatic nitrogens is 1. The van der Waals surface area contributed by atoms with Crippen LogP contribution in [0.4, 0.5) is 10.5 Å². The van der Waals surface area contributed by atoms with E-state index in [-0.39, 0.29) is 11.9 Å². The summed E-state index contributed by atoms with van der Waals surface area (Å²) in [5, 5.41) is 3.93. The van der Waals surface area contributed by atoms with Gasteiger partial charge in [0.1, 0.15) is 0 Å². The van der Waals surface area contributed by atoms with E-state index in [1.165, 1.54) is 6.26 Å². The molecule has 1 aliphatic rings. The number of anilines is 1. The molecule has 0 atom stereocenters. The molecule has 1 aromatic carbocycles. The van der Waals surface area contributed by atoms with E-state index in [2.05, 4.69) is 10.3 Å². The average molecular weight is 423 g/mol. The molecular formula is C22H22N4O3S. The van der Waals surface area contributed by atoms with Crippen LogP contribution in [0.2, 0.25) is 0 Å². The van der Waals surface area contributed by atoms with Gasteiger partial charge in [0.15, 0.2) is 5.76 Å². The maximum Gasteiger partial charge on any atom is 0.321 e. The number of pyridine rings is 1. The first-order valence-electron chi connectivity index (χ1n) is 9.70. The number of urea groups is 1. The monoisotopic (exact) mass is 422 g/mol. The van der Waals surface area contributed by atoms with Crippen molar-refractivity contribution in [2.45, 2.75) is 10.8 Å². The first kappa shape index (κ1) is 20.0. The van der Waals surface area contributed by atoms with E-state index in [0.29, 0.717) is 31.9 Å². The van der Waals surface area contributed by atoms with Crippen molar-refractivity contribution >= 4 is 29.4 Å². The maximum absolute atomic E-state index is 12.6. The van der Waals surface area contributed by atoms with Crippen LogP contribution in [-0.2, 0) is 5.75 Å². The number of benzene rings is 1. The number of hydrogen-bond acceptors (Lipinski definition) is 5. The largest absolute Gasteiger partial charge is 0.459 e. The lowest BCUT2D eigenvalue weighted by Gasteiger charge is -2.34. The van der Waals surface area contributed by atoms with Crippen molar-refractivity contribution in [3.05, 3.63) is 78.4 Å². The number of rotatable bonds is 5. The fourth-order valence-corrected chi connectivity index (χ4v) is 4.00. The third-order valence-electron chi connectivity index (χ3n) is 4.79. The van der Waals surface area contributed by atoms with Crippen molar-refractivity contribution in [3.63, 3.8) is 0 Å². The molecule has 0 unspecified atom stereocenters. The van der Waals surface area contributed by atoms with Gasteiger partial charge in [-0.2, -0.15) is 0 Å².